The fraction of sp³-hybridized carbons (Fsp3) is 0.400. The van der Waals surface area contributed by atoms with Gasteiger partial charge in [-0.3, -0.25) is 0 Å². The maximum atomic E-state index is 10.4. The Labute approximate surface area is 138 Å². The zero-order valence-electron chi connectivity index (χ0n) is 13.9. The number of ether oxygens (including phenoxy) is 1. The van der Waals surface area contributed by atoms with Crippen molar-refractivity contribution in [3.8, 4) is 5.75 Å². The van der Waals surface area contributed by atoms with Crippen LogP contribution in [-0.4, -0.2) is 22.4 Å². The molecule has 1 heterocycles. The van der Waals surface area contributed by atoms with Gasteiger partial charge in [0.15, 0.2) is 5.60 Å². The molecule has 2 aromatic carbocycles. The highest BCUT2D eigenvalue weighted by molar-refractivity contribution is 5.45. The molecule has 2 aromatic rings. The molecule has 2 N–H and O–H groups in total. The van der Waals surface area contributed by atoms with Gasteiger partial charge in [-0.2, -0.15) is 0 Å². The van der Waals surface area contributed by atoms with E-state index in [1.54, 1.807) is 0 Å². The molecule has 2 aliphatic rings. The van der Waals surface area contributed by atoms with Crippen molar-refractivity contribution in [3.63, 3.8) is 0 Å². The van der Waals surface area contributed by atoms with E-state index in [4.69, 9.17) is 4.74 Å². The number of aliphatic hydroxyl groups is 2. The third-order valence-electron chi connectivity index (χ3n) is 3.96. The lowest BCUT2D eigenvalue weighted by molar-refractivity contribution is -0.0897. The van der Waals surface area contributed by atoms with Gasteiger partial charge in [-0.1, -0.05) is 74.9 Å². The quantitative estimate of drug-likeness (QED) is 0.775. The maximum absolute atomic E-state index is 10.4. The fourth-order valence-corrected chi connectivity index (χ4v) is 2.90. The molecule has 23 heavy (non-hydrogen) atoms. The van der Waals surface area contributed by atoms with Gasteiger partial charge in [0, 0.05) is 5.56 Å². The largest absolute Gasteiger partial charge is 0.487 e. The van der Waals surface area contributed by atoms with Crippen LogP contribution >= 0.6 is 0 Å². The second-order valence-corrected chi connectivity index (χ2v) is 5.88. The standard InChI is InChI=1S/C11H12O3.C6H6.C3H8/c12-9-5-6-10-11(9,13)7-3-1-2-4-8(7)14-10;1-2-4-6-5-3-1;1-3-2/h1-4,9-10,12-13H,5-6H2;1-6H;3H2,1-2H3/t9-,10?,11-;;/m1../s1. The molecule has 124 valence electrons. The Morgan fingerprint density at radius 3 is 2.04 bits per heavy atom. The Hall–Kier alpha value is -1.84. The van der Waals surface area contributed by atoms with E-state index >= 15 is 0 Å². The van der Waals surface area contributed by atoms with E-state index in [0.29, 0.717) is 18.6 Å². The molecule has 1 unspecified atom stereocenters. The number of hydrogen-bond donors (Lipinski definition) is 2. The van der Waals surface area contributed by atoms with Gasteiger partial charge in [0.1, 0.15) is 11.9 Å². The van der Waals surface area contributed by atoms with Crippen molar-refractivity contribution in [3.05, 3.63) is 66.2 Å². The lowest BCUT2D eigenvalue weighted by Gasteiger charge is -2.24. The number of aliphatic hydroxyl groups excluding tert-OH is 1. The molecule has 0 amide bonds. The first-order valence-electron chi connectivity index (χ1n) is 8.31. The van der Waals surface area contributed by atoms with E-state index in [1.165, 1.54) is 6.42 Å². The molecule has 0 spiro atoms. The Balaban J connectivity index is 0.000000178. The van der Waals surface area contributed by atoms with E-state index in [9.17, 15) is 10.2 Å². The Morgan fingerprint density at radius 1 is 0.957 bits per heavy atom. The van der Waals surface area contributed by atoms with Crippen molar-refractivity contribution in [1.82, 2.24) is 0 Å². The first-order chi connectivity index (χ1) is 11.1. The van der Waals surface area contributed by atoms with Crippen molar-refractivity contribution >= 4 is 0 Å². The second-order valence-electron chi connectivity index (χ2n) is 5.88. The van der Waals surface area contributed by atoms with Crippen molar-refractivity contribution < 1.29 is 14.9 Å². The number of hydrogen-bond acceptors (Lipinski definition) is 3. The van der Waals surface area contributed by atoms with E-state index in [1.807, 2.05) is 60.7 Å². The van der Waals surface area contributed by atoms with Crippen LogP contribution in [-0.2, 0) is 5.60 Å². The summed E-state index contributed by atoms with van der Waals surface area (Å²) < 4.78 is 5.59. The molecule has 0 bridgehead atoms. The minimum atomic E-state index is -1.17. The fourth-order valence-electron chi connectivity index (χ4n) is 2.90. The van der Waals surface area contributed by atoms with Gasteiger partial charge in [0.25, 0.3) is 0 Å². The van der Waals surface area contributed by atoms with Crippen molar-refractivity contribution in [2.24, 2.45) is 0 Å². The number of rotatable bonds is 0. The number of fused-ring (bicyclic) bond motifs is 3. The minimum absolute atomic E-state index is 0.269. The van der Waals surface area contributed by atoms with Crippen LogP contribution in [0.15, 0.2) is 60.7 Å². The lowest BCUT2D eigenvalue weighted by atomic mass is 9.90. The van der Waals surface area contributed by atoms with Crippen LogP contribution in [0, 0.1) is 0 Å². The van der Waals surface area contributed by atoms with E-state index in [0.717, 1.165) is 5.56 Å². The number of para-hydroxylation sites is 1. The van der Waals surface area contributed by atoms with Crippen molar-refractivity contribution in [1.29, 1.82) is 0 Å². The molecule has 1 saturated carbocycles. The predicted molar refractivity (Wildman–Crippen MR) is 92.4 cm³/mol. The van der Waals surface area contributed by atoms with Crippen LogP contribution < -0.4 is 4.74 Å². The minimum Gasteiger partial charge on any atom is -0.487 e. The SMILES string of the molecule is CCC.O[C@@H]1CCC2Oc3ccccc3[C@]21O.c1ccccc1. The highest BCUT2D eigenvalue weighted by Crippen LogP contribution is 2.49. The van der Waals surface area contributed by atoms with Crippen LogP contribution in [0.25, 0.3) is 0 Å². The monoisotopic (exact) mass is 314 g/mol. The van der Waals surface area contributed by atoms with E-state index in [-0.39, 0.29) is 6.10 Å². The van der Waals surface area contributed by atoms with Gasteiger partial charge in [-0.15, -0.1) is 0 Å². The third-order valence-corrected chi connectivity index (χ3v) is 3.96. The first-order valence-corrected chi connectivity index (χ1v) is 8.31. The summed E-state index contributed by atoms with van der Waals surface area (Å²) in [6.07, 6.45) is 1.60. The summed E-state index contributed by atoms with van der Waals surface area (Å²) in [5.41, 5.74) is -0.439. The summed E-state index contributed by atoms with van der Waals surface area (Å²) in [6, 6.07) is 19.4. The van der Waals surface area contributed by atoms with Gasteiger partial charge >= 0.3 is 0 Å². The van der Waals surface area contributed by atoms with Crippen LogP contribution in [0.4, 0.5) is 0 Å². The predicted octanol–water partition coefficient (Wildman–Crippen LogP) is 3.89. The highest BCUT2D eigenvalue weighted by Gasteiger charge is 2.56. The summed E-state index contributed by atoms with van der Waals surface area (Å²) >= 11 is 0. The number of benzene rings is 2. The molecule has 0 saturated heterocycles. The van der Waals surface area contributed by atoms with Crippen LogP contribution in [0.2, 0.25) is 0 Å². The molecule has 3 nitrogen and oxygen atoms in total. The smallest absolute Gasteiger partial charge is 0.155 e. The molecule has 1 fully saturated rings. The van der Waals surface area contributed by atoms with Gasteiger partial charge in [-0.25, -0.2) is 0 Å². The molecule has 3 heteroatoms. The molecule has 1 aliphatic heterocycles. The lowest BCUT2D eigenvalue weighted by Crippen LogP contribution is -2.41. The Bertz CT molecular complexity index is 558. The van der Waals surface area contributed by atoms with E-state index < -0.39 is 11.7 Å². The Morgan fingerprint density at radius 2 is 1.48 bits per heavy atom. The molecule has 1 aliphatic carbocycles. The van der Waals surface area contributed by atoms with Crippen molar-refractivity contribution in [2.45, 2.75) is 50.9 Å². The van der Waals surface area contributed by atoms with Gasteiger partial charge < -0.3 is 14.9 Å². The molecule has 0 aromatic heterocycles. The zero-order valence-corrected chi connectivity index (χ0v) is 13.9. The average Bonchev–Trinajstić information content (AvgIpc) is 3.04. The molecule has 4 rings (SSSR count). The summed E-state index contributed by atoms with van der Waals surface area (Å²) in [6.45, 7) is 4.25. The van der Waals surface area contributed by atoms with Gasteiger partial charge in [-0.05, 0) is 18.9 Å². The second kappa shape index (κ2) is 8.14. The topological polar surface area (TPSA) is 49.7 Å². The van der Waals surface area contributed by atoms with Crippen LogP contribution in [0.5, 0.6) is 5.75 Å². The molecule has 3 atom stereocenters. The molecular formula is C20H26O3. The van der Waals surface area contributed by atoms with Gasteiger partial charge in [0.2, 0.25) is 0 Å². The van der Waals surface area contributed by atoms with Crippen LogP contribution in [0.1, 0.15) is 38.7 Å². The summed E-state index contributed by atoms with van der Waals surface area (Å²) in [5, 5.41) is 20.2. The third kappa shape index (κ3) is 3.74. The summed E-state index contributed by atoms with van der Waals surface area (Å²) in [4.78, 5) is 0. The summed E-state index contributed by atoms with van der Waals surface area (Å²) in [7, 11) is 0. The van der Waals surface area contributed by atoms with E-state index in [2.05, 4.69) is 13.8 Å². The molecular weight excluding hydrogens is 288 g/mol. The van der Waals surface area contributed by atoms with Crippen LogP contribution in [0.3, 0.4) is 0 Å². The van der Waals surface area contributed by atoms with Crippen molar-refractivity contribution in [2.75, 3.05) is 0 Å². The molecule has 0 radical (unpaired) electrons. The summed E-state index contributed by atoms with van der Waals surface area (Å²) in [5.74, 6) is 0.707. The first kappa shape index (κ1) is 17.5. The normalized spacial score (nSPS) is 26.6. The van der Waals surface area contributed by atoms with Gasteiger partial charge in [0.05, 0.1) is 6.10 Å². The average molecular weight is 314 g/mol. The highest BCUT2D eigenvalue weighted by atomic mass is 16.5. The Kier molecular flexibility index (Phi) is 6.20. The maximum Gasteiger partial charge on any atom is 0.155 e. The zero-order chi connectivity index (χ0) is 16.7.